The van der Waals surface area contributed by atoms with Crippen molar-refractivity contribution in [3.8, 4) is 0 Å². The van der Waals surface area contributed by atoms with E-state index in [1.54, 1.807) is 17.8 Å². The average molecular weight is 327 g/mol. The van der Waals surface area contributed by atoms with Crippen LogP contribution in [-0.4, -0.2) is 11.5 Å². The second-order valence-corrected chi connectivity index (χ2v) is 7.47. The fourth-order valence-corrected chi connectivity index (χ4v) is 4.47. The van der Waals surface area contributed by atoms with Gasteiger partial charge in [-0.15, -0.1) is 11.8 Å². The zero-order valence-corrected chi connectivity index (χ0v) is 13.4. The van der Waals surface area contributed by atoms with Gasteiger partial charge in [0.15, 0.2) is 0 Å². The predicted molar refractivity (Wildman–Crippen MR) is 86.5 cm³/mol. The molecule has 0 aliphatic heterocycles. The molecule has 0 radical (unpaired) electrons. The number of hydrogen-bond donors (Lipinski definition) is 0. The maximum Gasteiger partial charge on any atom is 0.149 e. The first-order valence-corrected chi connectivity index (χ1v) is 8.77. The summed E-state index contributed by atoms with van der Waals surface area (Å²) in [5.41, 5.74) is 2.53. The van der Waals surface area contributed by atoms with Crippen LogP contribution in [-0.2, 0) is 10.5 Å². The molecule has 2 bridgehead atoms. The molecule has 1 unspecified atom stereocenters. The van der Waals surface area contributed by atoms with Crippen molar-refractivity contribution in [2.24, 2.45) is 11.8 Å². The van der Waals surface area contributed by atoms with Crippen molar-refractivity contribution in [3.05, 3.63) is 45.5 Å². The number of halogens is 2. The summed E-state index contributed by atoms with van der Waals surface area (Å²) in [5.74, 6) is 2.64. The number of carbonyl (C=O) groups is 1. The first kappa shape index (κ1) is 14.5. The van der Waals surface area contributed by atoms with Gasteiger partial charge in [-0.1, -0.05) is 40.9 Å². The predicted octanol–water partition coefficient (Wildman–Crippen LogP) is 5.15. The zero-order valence-electron chi connectivity index (χ0n) is 11.1. The Morgan fingerprint density at radius 2 is 2.10 bits per heavy atom. The molecule has 1 fully saturated rings. The summed E-state index contributed by atoms with van der Waals surface area (Å²) in [7, 11) is 0. The van der Waals surface area contributed by atoms with Crippen molar-refractivity contribution in [1.82, 2.24) is 0 Å². The molecule has 0 amide bonds. The van der Waals surface area contributed by atoms with E-state index in [-0.39, 0.29) is 5.92 Å². The molecule has 1 atom stereocenters. The molecular formula is C16H16Cl2OS. The Bertz CT molecular complexity index is 560. The van der Waals surface area contributed by atoms with Gasteiger partial charge < -0.3 is 0 Å². The van der Waals surface area contributed by atoms with Crippen LogP contribution in [0.2, 0.25) is 10.0 Å². The van der Waals surface area contributed by atoms with E-state index >= 15 is 0 Å². The standard InChI is InChI=1S/C16H16Cl2OS/c17-14-2-1-12(15(18)7-14)8-20-9-16(19)13-5-10-3-11(4-10)6-13/h1-2,5,7,11,13H,3-4,6,8-9H2. The van der Waals surface area contributed by atoms with Gasteiger partial charge in [-0.05, 0) is 42.9 Å². The molecule has 1 nitrogen and oxygen atoms in total. The molecule has 4 heteroatoms. The molecule has 3 aliphatic rings. The van der Waals surface area contributed by atoms with Crippen molar-refractivity contribution < 1.29 is 4.79 Å². The summed E-state index contributed by atoms with van der Waals surface area (Å²) in [5, 5.41) is 1.33. The molecule has 4 rings (SSSR count). The van der Waals surface area contributed by atoms with E-state index in [2.05, 4.69) is 6.08 Å². The zero-order chi connectivity index (χ0) is 14.1. The molecule has 1 aromatic rings. The first-order valence-electron chi connectivity index (χ1n) is 6.86. The van der Waals surface area contributed by atoms with E-state index in [0.717, 1.165) is 23.7 Å². The lowest BCUT2D eigenvalue weighted by Gasteiger charge is -2.37. The minimum absolute atomic E-state index is 0.172. The van der Waals surface area contributed by atoms with Crippen molar-refractivity contribution in [2.45, 2.75) is 25.0 Å². The molecular weight excluding hydrogens is 311 g/mol. The van der Waals surface area contributed by atoms with Gasteiger partial charge in [0, 0.05) is 21.7 Å². The van der Waals surface area contributed by atoms with Crippen LogP contribution in [0.4, 0.5) is 0 Å². The molecule has 106 valence electrons. The molecule has 1 saturated carbocycles. The fourth-order valence-electron chi connectivity index (χ4n) is 2.93. The molecule has 0 saturated heterocycles. The Hall–Kier alpha value is -0.440. The van der Waals surface area contributed by atoms with Crippen molar-refractivity contribution in [2.75, 3.05) is 5.75 Å². The molecule has 0 heterocycles. The minimum Gasteiger partial charge on any atom is -0.298 e. The van der Waals surface area contributed by atoms with Crippen LogP contribution in [0.5, 0.6) is 0 Å². The lowest BCUT2D eigenvalue weighted by Crippen LogP contribution is -2.29. The number of thioether (sulfide) groups is 1. The Kier molecular flexibility index (Phi) is 4.44. The van der Waals surface area contributed by atoms with E-state index in [1.165, 1.54) is 18.4 Å². The SMILES string of the molecule is O=C(CSCc1ccc(Cl)cc1Cl)C1C=C2CC(C2)C1. The van der Waals surface area contributed by atoms with Crippen LogP contribution in [0.15, 0.2) is 29.8 Å². The average Bonchev–Trinajstić information content (AvgIpc) is 2.40. The van der Waals surface area contributed by atoms with Crippen LogP contribution in [0.3, 0.4) is 0 Å². The van der Waals surface area contributed by atoms with Gasteiger partial charge in [-0.3, -0.25) is 4.79 Å². The van der Waals surface area contributed by atoms with Crippen LogP contribution in [0, 0.1) is 11.8 Å². The Morgan fingerprint density at radius 1 is 1.30 bits per heavy atom. The van der Waals surface area contributed by atoms with Gasteiger partial charge in [0.2, 0.25) is 0 Å². The monoisotopic (exact) mass is 326 g/mol. The Balaban J connectivity index is 1.50. The second-order valence-electron chi connectivity index (χ2n) is 5.64. The van der Waals surface area contributed by atoms with Crippen LogP contribution in [0.25, 0.3) is 0 Å². The van der Waals surface area contributed by atoms with Crippen molar-refractivity contribution in [1.29, 1.82) is 0 Å². The summed E-state index contributed by atoms with van der Waals surface area (Å²) >= 11 is 13.6. The van der Waals surface area contributed by atoms with Crippen molar-refractivity contribution >= 4 is 40.7 Å². The highest BCUT2D eigenvalue weighted by atomic mass is 35.5. The molecule has 0 spiro atoms. The van der Waals surface area contributed by atoms with Gasteiger partial charge in [-0.2, -0.15) is 0 Å². The summed E-state index contributed by atoms with van der Waals surface area (Å²) < 4.78 is 0. The highest BCUT2D eigenvalue weighted by molar-refractivity contribution is 7.99. The number of hydrogen-bond acceptors (Lipinski definition) is 2. The van der Waals surface area contributed by atoms with Gasteiger partial charge in [-0.25, -0.2) is 0 Å². The third kappa shape index (κ3) is 3.24. The smallest absolute Gasteiger partial charge is 0.149 e. The highest BCUT2D eigenvalue weighted by Crippen LogP contribution is 2.44. The largest absolute Gasteiger partial charge is 0.298 e. The number of benzene rings is 1. The highest BCUT2D eigenvalue weighted by Gasteiger charge is 2.33. The van der Waals surface area contributed by atoms with Crippen LogP contribution >= 0.6 is 35.0 Å². The normalized spacial score (nSPS) is 24.0. The number of rotatable bonds is 5. The van der Waals surface area contributed by atoms with Crippen molar-refractivity contribution in [3.63, 3.8) is 0 Å². The second kappa shape index (κ2) is 6.13. The third-order valence-corrected chi connectivity index (χ3v) is 5.65. The van der Waals surface area contributed by atoms with Gasteiger partial charge in [0.1, 0.15) is 5.78 Å². The summed E-state index contributed by atoms with van der Waals surface area (Å²) in [4.78, 5) is 12.2. The molecule has 0 N–H and O–H groups in total. The molecule has 3 aliphatic carbocycles. The number of fused-ring (bicyclic) bond motifs is 2. The maximum atomic E-state index is 12.2. The quantitative estimate of drug-likeness (QED) is 0.696. The van der Waals surface area contributed by atoms with Gasteiger partial charge in [0.25, 0.3) is 0 Å². The van der Waals surface area contributed by atoms with E-state index in [1.807, 2.05) is 12.1 Å². The van der Waals surface area contributed by atoms with E-state index < -0.39 is 0 Å². The summed E-state index contributed by atoms with van der Waals surface area (Å²) in [6.45, 7) is 0. The number of carbonyl (C=O) groups excluding carboxylic acids is 1. The van der Waals surface area contributed by atoms with Gasteiger partial charge in [0.05, 0.1) is 5.75 Å². The number of Topliss-reactive ketones (excluding diaryl/α,β-unsaturated/α-hetero) is 1. The molecule has 1 aromatic carbocycles. The summed E-state index contributed by atoms with van der Waals surface area (Å²) in [6.07, 6.45) is 5.73. The Morgan fingerprint density at radius 3 is 2.75 bits per heavy atom. The summed E-state index contributed by atoms with van der Waals surface area (Å²) in [6, 6.07) is 5.52. The van der Waals surface area contributed by atoms with Crippen LogP contribution < -0.4 is 0 Å². The molecule has 20 heavy (non-hydrogen) atoms. The third-order valence-electron chi connectivity index (χ3n) is 4.06. The van der Waals surface area contributed by atoms with E-state index in [4.69, 9.17) is 23.2 Å². The lowest BCUT2D eigenvalue weighted by molar-refractivity contribution is -0.119. The molecule has 0 aromatic heterocycles. The van der Waals surface area contributed by atoms with E-state index in [0.29, 0.717) is 21.6 Å². The lowest BCUT2D eigenvalue weighted by atomic mass is 9.68. The number of allylic oxidation sites excluding steroid dienone is 2. The Labute approximate surface area is 133 Å². The fraction of sp³-hybridized carbons (Fsp3) is 0.438. The minimum atomic E-state index is 0.172. The number of ketones is 1. The first-order chi connectivity index (χ1) is 9.61. The van der Waals surface area contributed by atoms with Gasteiger partial charge >= 0.3 is 0 Å². The maximum absolute atomic E-state index is 12.2. The topological polar surface area (TPSA) is 17.1 Å². The van der Waals surface area contributed by atoms with Crippen LogP contribution in [0.1, 0.15) is 24.8 Å². The van der Waals surface area contributed by atoms with E-state index in [9.17, 15) is 4.79 Å².